The summed E-state index contributed by atoms with van der Waals surface area (Å²) >= 11 is 3.03. The van der Waals surface area contributed by atoms with E-state index in [0.717, 1.165) is 38.1 Å². The third kappa shape index (κ3) is 4.43. The van der Waals surface area contributed by atoms with E-state index in [0.29, 0.717) is 18.2 Å². The first-order chi connectivity index (χ1) is 16.6. The fourth-order valence-corrected chi connectivity index (χ4v) is 5.04. The van der Waals surface area contributed by atoms with Crippen LogP contribution in [-0.2, 0) is 7.05 Å². The number of amides is 2. The number of anilines is 1. The van der Waals surface area contributed by atoms with Crippen LogP contribution in [0.5, 0.6) is 0 Å². The predicted molar refractivity (Wildman–Crippen MR) is 135 cm³/mol. The number of hydrogen-bond acceptors (Lipinski definition) is 8. The number of aryl methyl sites for hydroxylation is 1. The van der Waals surface area contributed by atoms with Gasteiger partial charge in [-0.2, -0.15) is 5.10 Å². The number of aromatic nitrogens is 6. The lowest BCUT2D eigenvalue weighted by atomic mass is 10.1. The van der Waals surface area contributed by atoms with Crippen molar-refractivity contribution in [1.82, 2.24) is 35.0 Å². The lowest BCUT2D eigenvalue weighted by molar-refractivity contribution is 0.252. The Morgan fingerprint density at radius 1 is 1.00 bits per heavy atom. The first kappa shape index (κ1) is 21.9. The number of carbonyl (C=O) groups is 1. The van der Waals surface area contributed by atoms with Crippen LogP contribution in [0, 0.1) is 0 Å². The summed E-state index contributed by atoms with van der Waals surface area (Å²) < 4.78 is 1.68. The van der Waals surface area contributed by atoms with Crippen molar-refractivity contribution in [3.05, 3.63) is 59.7 Å². The van der Waals surface area contributed by atoms with E-state index in [1.807, 2.05) is 61.1 Å². The van der Waals surface area contributed by atoms with Gasteiger partial charge >= 0.3 is 6.03 Å². The second-order valence-corrected chi connectivity index (χ2v) is 8.96. The summed E-state index contributed by atoms with van der Waals surface area (Å²) in [6.07, 6.45) is 3.23. The molecule has 0 atom stereocenters. The van der Waals surface area contributed by atoms with Gasteiger partial charge in [0.05, 0.1) is 5.69 Å². The second kappa shape index (κ2) is 9.49. The number of hydrogen-bond donors (Lipinski definition) is 2. The Morgan fingerprint density at radius 2 is 1.74 bits per heavy atom. The topological polar surface area (TPSA) is 111 Å². The smallest absolute Gasteiger partial charge is 0.320 e. The molecule has 0 saturated heterocycles. The molecule has 5 aromatic rings. The van der Waals surface area contributed by atoms with Crippen LogP contribution in [0.2, 0.25) is 0 Å². The summed E-state index contributed by atoms with van der Waals surface area (Å²) in [6.45, 7) is 2.38. The molecule has 2 N–H and O–H groups in total. The Balaban J connectivity index is 1.57. The Kier molecular flexibility index (Phi) is 6.11. The van der Waals surface area contributed by atoms with Crippen LogP contribution < -0.4 is 10.6 Å². The normalized spacial score (nSPS) is 10.9. The predicted octanol–water partition coefficient (Wildman–Crippen LogP) is 4.93. The standard InChI is InChI=1S/C23H20N8OS2/c1-3-24-23(32)30-19-9-15(21-28-17(11-33-21)14-7-5-4-6-8-14)16(10-25-19)22-29-18(12-34-22)20-26-13-27-31(20)2/h4-13H,3H2,1-2H3,(H2,24,25,30,32). The van der Waals surface area contributed by atoms with Crippen molar-refractivity contribution >= 4 is 34.5 Å². The molecular weight excluding hydrogens is 468 g/mol. The molecular formula is C23H20N8OS2. The minimum absolute atomic E-state index is 0.309. The van der Waals surface area contributed by atoms with Crippen molar-refractivity contribution in [3.8, 4) is 43.9 Å². The first-order valence-electron chi connectivity index (χ1n) is 10.5. The maximum absolute atomic E-state index is 12.1. The average Bonchev–Trinajstić information content (AvgIpc) is 3.60. The summed E-state index contributed by atoms with van der Waals surface area (Å²) in [5.41, 5.74) is 4.34. The highest BCUT2D eigenvalue weighted by atomic mass is 32.1. The van der Waals surface area contributed by atoms with E-state index in [4.69, 9.17) is 9.97 Å². The highest BCUT2D eigenvalue weighted by Crippen LogP contribution is 2.38. The van der Waals surface area contributed by atoms with Gasteiger partial charge < -0.3 is 5.32 Å². The minimum Gasteiger partial charge on any atom is -0.338 e. The third-order valence-electron chi connectivity index (χ3n) is 4.96. The molecule has 2 amide bonds. The molecule has 11 heteroatoms. The summed E-state index contributed by atoms with van der Waals surface area (Å²) in [4.78, 5) is 30.5. The maximum Gasteiger partial charge on any atom is 0.320 e. The van der Waals surface area contributed by atoms with Crippen molar-refractivity contribution in [2.75, 3.05) is 11.9 Å². The largest absolute Gasteiger partial charge is 0.338 e. The lowest BCUT2D eigenvalue weighted by Gasteiger charge is -2.09. The zero-order chi connectivity index (χ0) is 23.5. The summed E-state index contributed by atoms with van der Waals surface area (Å²) in [5, 5.41) is 15.2. The molecule has 0 aliphatic heterocycles. The number of carbonyl (C=O) groups excluding carboxylic acids is 1. The molecule has 0 unspecified atom stereocenters. The van der Waals surface area contributed by atoms with Gasteiger partial charge in [-0.25, -0.2) is 29.4 Å². The number of pyridine rings is 1. The van der Waals surface area contributed by atoms with E-state index in [-0.39, 0.29) is 6.03 Å². The van der Waals surface area contributed by atoms with Crippen LogP contribution >= 0.6 is 22.7 Å². The number of nitrogens with zero attached hydrogens (tertiary/aromatic N) is 6. The van der Waals surface area contributed by atoms with Crippen LogP contribution in [0.15, 0.2) is 59.7 Å². The Morgan fingerprint density at radius 3 is 2.47 bits per heavy atom. The number of nitrogens with one attached hydrogen (secondary N) is 2. The fraction of sp³-hybridized carbons (Fsp3) is 0.130. The van der Waals surface area contributed by atoms with Gasteiger partial charge in [-0.15, -0.1) is 22.7 Å². The van der Waals surface area contributed by atoms with Crippen molar-refractivity contribution in [3.63, 3.8) is 0 Å². The van der Waals surface area contributed by atoms with Gasteiger partial charge in [-0.3, -0.25) is 5.32 Å². The van der Waals surface area contributed by atoms with Gasteiger partial charge in [0.2, 0.25) is 0 Å². The fourth-order valence-electron chi connectivity index (χ4n) is 3.36. The quantitative estimate of drug-likeness (QED) is 0.351. The molecule has 0 aliphatic rings. The molecule has 0 saturated carbocycles. The maximum atomic E-state index is 12.1. The zero-order valence-electron chi connectivity index (χ0n) is 18.4. The van der Waals surface area contributed by atoms with Crippen molar-refractivity contribution in [2.45, 2.75) is 6.92 Å². The van der Waals surface area contributed by atoms with E-state index in [1.54, 1.807) is 10.9 Å². The Hall–Kier alpha value is -3.96. The van der Waals surface area contributed by atoms with Crippen LogP contribution in [0.4, 0.5) is 10.6 Å². The molecule has 0 aliphatic carbocycles. The molecule has 4 aromatic heterocycles. The summed E-state index contributed by atoms with van der Waals surface area (Å²) in [7, 11) is 1.83. The monoisotopic (exact) mass is 488 g/mol. The Labute approximate surface area is 203 Å². The average molecular weight is 489 g/mol. The van der Waals surface area contributed by atoms with Gasteiger partial charge in [0.25, 0.3) is 0 Å². The van der Waals surface area contributed by atoms with Gasteiger partial charge in [0.15, 0.2) is 5.82 Å². The zero-order valence-corrected chi connectivity index (χ0v) is 20.0. The molecule has 0 spiro atoms. The molecule has 0 radical (unpaired) electrons. The van der Waals surface area contributed by atoms with E-state index in [2.05, 4.69) is 25.7 Å². The molecule has 5 rings (SSSR count). The number of urea groups is 1. The molecule has 9 nitrogen and oxygen atoms in total. The van der Waals surface area contributed by atoms with Gasteiger partial charge in [-0.05, 0) is 13.0 Å². The van der Waals surface area contributed by atoms with Gasteiger partial charge in [0.1, 0.15) is 27.9 Å². The SMILES string of the molecule is CCNC(=O)Nc1cc(-c2nc(-c3ccccc3)cs2)c(-c2nc(-c3ncnn3C)cs2)cn1. The molecule has 4 heterocycles. The van der Waals surface area contributed by atoms with Crippen molar-refractivity contribution < 1.29 is 4.79 Å². The first-order valence-corrected chi connectivity index (χ1v) is 12.2. The molecule has 34 heavy (non-hydrogen) atoms. The number of rotatable bonds is 6. The van der Waals surface area contributed by atoms with E-state index in [1.165, 1.54) is 29.0 Å². The Bertz CT molecular complexity index is 1440. The van der Waals surface area contributed by atoms with E-state index < -0.39 is 0 Å². The second-order valence-electron chi connectivity index (χ2n) is 7.25. The van der Waals surface area contributed by atoms with Crippen LogP contribution in [0.3, 0.4) is 0 Å². The molecule has 0 fully saturated rings. The van der Waals surface area contributed by atoms with E-state index in [9.17, 15) is 4.79 Å². The van der Waals surface area contributed by atoms with Crippen molar-refractivity contribution in [2.24, 2.45) is 7.05 Å². The molecule has 1 aromatic carbocycles. The van der Waals surface area contributed by atoms with Gasteiger partial charge in [0, 0.05) is 47.2 Å². The van der Waals surface area contributed by atoms with Crippen LogP contribution in [0.1, 0.15) is 6.92 Å². The minimum atomic E-state index is -0.309. The van der Waals surface area contributed by atoms with Crippen molar-refractivity contribution in [1.29, 1.82) is 0 Å². The van der Waals surface area contributed by atoms with Gasteiger partial charge in [-0.1, -0.05) is 30.3 Å². The highest BCUT2D eigenvalue weighted by molar-refractivity contribution is 7.14. The summed E-state index contributed by atoms with van der Waals surface area (Å²) in [5.74, 6) is 1.12. The summed E-state index contributed by atoms with van der Waals surface area (Å²) in [6, 6.07) is 11.5. The van der Waals surface area contributed by atoms with Crippen LogP contribution in [-0.4, -0.2) is 42.3 Å². The van der Waals surface area contributed by atoms with E-state index >= 15 is 0 Å². The molecule has 170 valence electrons. The number of benzene rings is 1. The molecule has 0 bridgehead atoms. The highest BCUT2D eigenvalue weighted by Gasteiger charge is 2.18. The lowest BCUT2D eigenvalue weighted by Crippen LogP contribution is -2.28. The number of thiazole rings is 2. The van der Waals surface area contributed by atoms with Crippen LogP contribution in [0.25, 0.3) is 43.9 Å². The third-order valence-corrected chi connectivity index (χ3v) is 6.71.